The highest BCUT2D eigenvalue weighted by Gasteiger charge is 2.06. The molecule has 0 heterocycles. The molecule has 0 unspecified atom stereocenters. The fourth-order valence-corrected chi connectivity index (χ4v) is 3.77. The minimum Gasteiger partial charge on any atom is -0.483 e. The lowest BCUT2D eigenvalue weighted by molar-refractivity contribution is -0.122. The van der Waals surface area contributed by atoms with Gasteiger partial charge in [-0.25, -0.2) is 0 Å². The van der Waals surface area contributed by atoms with E-state index in [0.717, 1.165) is 22.4 Å². The first-order valence-corrected chi connectivity index (χ1v) is 10.3. The molecule has 0 aliphatic rings. The van der Waals surface area contributed by atoms with Crippen molar-refractivity contribution in [3.05, 3.63) is 63.6 Å². The fraction of sp³-hybridized carbons (Fsp3) is 0.350. The van der Waals surface area contributed by atoms with Crippen LogP contribution in [0.2, 0.25) is 0 Å². The summed E-state index contributed by atoms with van der Waals surface area (Å²) in [5.41, 5.74) is 3.89. The molecule has 0 aliphatic heterocycles. The Kier molecular flexibility index (Phi) is 8.35. The average molecular weight is 422 g/mol. The van der Waals surface area contributed by atoms with Crippen molar-refractivity contribution < 1.29 is 9.53 Å². The number of hydrogen-bond donors (Lipinski definition) is 1. The van der Waals surface area contributed by atoms with Crippen molar-refractivity contribution >= 4 is 33.6 Å². The second-order valence-corrected chi connectivity index (χ2v) is 7.70. The first-order chi connectivity index (χ1) is 12.1. The topological polar surface area (TPSA) is 38.3 Å². The van der Waals surface area contributed by atoms with Crippen LogP contribution in [0.25, 0.3) is 0 Å². The Balaban J connectivity index is 1.63. The number of benzene rings is 2. The molecular weight excluding hydrogens is 398 g/mol. The molecule has 0 atom stereocenters. The van der Waals surface area contributed by atoms with E-state index in [1.165, 1.54) is 16.7 Å². The molecule has 2 aromatic rings. The number of ether oxygens (including phenoxy) is 1. The maximum atomic E-state index is 11.9. The van der Waals surface area contributed by atoms with Crippen molar-refractivity contribution in [3.63, 3.8) is 0 Å². The molecule has 2 rings (SSSR count). The molecule has 0 bridgehead atoms. The number of amides is 1. The number of rotatable bonds is 9. The van der Waals surface area contributed by atoms with Crippen molar-refractivity contribution in [1.82, 2.24) is 5.32 Å². The zero-order valence-electron chi connectivity index (χ0n) is 14.7. The summed E-state index contributed by atoms with van der Waals surface area (Å²) in [6.07, 6.45) is 0.972. The van der Waals surface area contributed by atoms with Crippen molar-refractivity contribution in [2.24, 2.45) is 0 Å². The molecule has 5 heteroatoms. The normalized spacial score (nSPS) is 10.5. The van der Waals surface area contributed by atoms with Crippen LogP contribution in [0.4, 0.5) is 0 Å². The number of carbonyl (C=O) groups is 1. The van der Waals surface area contributed by atoms with Gasteiger partial charge < -0.3 is 10.1 Å². The number of nitrogens with one attached hydrogen (secondary N) is 1. The lowest BCUT2D eigenvalue weighted by Crippen LogP contribution is -2.30. The molecule has 0 radical (unpaired) electrons. The minimum atomic E-state index is -0.0945. The summed E-state index contributed by atoms with van der Waals surface area (Å²) in [4.78, 5) is 11.9. The highest BCUT2D eigenvalue weighted by Crippen LogP contribution is 2.26. The Morgan fingerprint density at radius 3 is 2.76 bits per heavy atom. The predicted octanol–water partition coefficient (Wildman–Crippen LogP) is 4.75. The van der Waals surface area contributed by atoms with Crippen LogP contribution >= 0.6 is 27.7 Å². The number of carbonyl (C=O) groups excluding carboxylic acids is 1. The van der Waals surface area contributed by atoms with Crippen LogP contribution in [0.5, 0.6) is 5.75 Å². The highest BCUT2D eigenvalue weighted by atomic mass is 79.9. The van der Waals surface area contributed by atoms with E-state index in [1.807, 2.05) is 30.0 Å². The zero-order valence-corrected chi connectivity index (χ0v) is 17.1. The molecule has 0 aromatic heterocycles. The van der Waals surface area contributed by atoms with Gasteiger partial charge in [0.25, 0.3) is 5.91 Å². The van der Waals surface area contributed by atoms with Crippen LogP contribution in [-0.2, 0) is 17.0 Å². The van der Waals surface area contributed by atoms with E-state index < -0.39 is 0 Å². The van der Waals surface area contributed by atoms with Crippen molar-refractivity contribution in [1.29, 1.82) is 0 Å². The second kappa shape index (κ2) is 10.5. The van der Waals surface area contributed by atoms with E-state index in [-0.39, 0.29) is 12.5 Å². The lowest BCUT2D eigenvalue weighted by Gasteiger charge is -2.10. The summed E-state index contributed by atoms with van der Waals surface area (Å²) in [5, 5.41) is 2.90. The van der Waals surface area contributed by atoms with Crippen LogP contribution in [-0.4, -0.2) is 24.8 Å². The van der Waals surface area contributed by atoms with Gasteiger partial charge in [0.1, 0.15) is 5.75 Å². The zero-order chi connectivity index (χ0) is 18.1. The SMILES string of the molecule is CCc1ccc(OCC(=O)NCCSCc2ccccc2C)c(Br)c1. The van der Waals surface area contributed by atoms with Gasteiger partial charge in [0.2, 0.25) is 0 Å². The maximum Gasteiger partial charge on any atom is 0.257 e. The van der Waals surface area contributed by atoms with E-state index in [2.05, 4.69) is 59.4 Å². The Hall–Kier alpha value is -1.46. The fourth-order valence-electron chi connectivity index (χ4n) is 2.29. The van der Waals surface area contributed by atoms with Crippen LogP contribution in [0.3, 0.4) is 0 Å². The van der Waals surface area contributed by atoms with Crippen molar-refractivity contribution in [3.8, 4) is 5.75 Å². The molecule has 2 aromatic carbocycles. The van der Waals surface area contributed by atoms with E-state index in [4.69, 9.17) is 4.74 Å². The number of halogens is 1. The van der Waals surface area contributed by atoms with E-state index in [1.54, 1.807) is 0 Å². The van der Waals surface area contributed by atoms with Crippen molar-refractivity contribution in [2.75, 3.05) is 18.9 Å². The minimum absolute atomic E-state index is 0.0343. The number of hydrogen-bond acceptors (Lipinski definition) is 3. The third kappa shape index (κ3) is 6.75. The maximum absolute atomic E-state index is 11.9. The third-order valence-electron chi connectivity index (χ3n) is 3.85. The molecular formula is C20H24BrNO2S. The largest absolute Gasteiger partial charge is 0.483 e. The Morgan fingerprint density at radius 1 is 1.24 bits per heavy atom. The molecule has 1 N–H and O–H groups in total. The average Bonchev–Trinajstić information content (AvgIpc) is 2.61. The molecule has 1 amide bonds. The molecule has 0 saturated carbocycles. The van der Waals surface area contributed by atoms with E-state index in [0.29, 0.717) is 12.3 Å². The predicted molar refractivity (Wildman–Crippen MR) is 109 cm³/mol. The summed E-state index contributed by atoms with van der Waals surface area (Å²) in [6, 6.07) is 14.3. The van der Waals surface area contributed by atoms with Crippen molar-refractivity contribution in [2.45, 2.75) is 26.0 Å². The Labute approximate surface area is 162 Å². The molecule has 3 nitrogen and oxygen atoms in total. The molecule has 0 spiro atoms. The second-order valence-electron chi connectivity index (χ2n) is 5.74. The summed E-state index contributed by atoms with van der Waals surface area (Å²) in [7, 11) is 0. The molecule has 0 saturated heterocycles. The van der Waals surface area contributed by atoms with Gasteiger partial charge in [-0.1, -0.05) is 37.3 Å². The van der Waals surface area contributed by atoms with Gasteiger partial charge in [0, 0.05) is 18.1 Å². The molecule has 0 fully saturated rings. The smallest absolute Gasteiger partial charge is 0.257 e. The van der Waals surface area contributed by atoms with Crippen LogP contribution in [0.15, 0.2) is 46.9 Å². The lowest BCUT2D eigenvalue weighted by atomic mass is 10.1. The van der Waals surface area contributed by atoms with Gasteiger partial charge in [-0.05, 0) is 58.1 Å². The van der Waals surface area contributed by atoms with Gasteiger partial charge in [0.15, 0.2) is 6.61 Å². The van der Waals surface area contributed by atoms with Crippen LogP contribution in [0.1, 0.15) is 23.6 Å². The molecule has 134 valence electrons. The summed E-state index contributed by atoms with van der Waals surface area (Å²) < 4.78 is 6.46. The van der Waals surface area contributed by atoms with Gasteiger partial charge in [-0.2, -0.15) is 11.8 Å². The van der Waals surface area contributed by atoms with E-state index >= 15 is 0 Å². The van der Waals surface area contributed by atoms with E-state index in [9.17, 15) is 4.79 Å². The van der Waals surface area contributed by atoms with Gasteiger partial charge in [0.05, 0.1) is 4.47 Å². The van der Waals surface area contributed by atoms with Crippen LogP contribution in [0, 0.1) is 6.92 Å². The number of aryl methyl sites for hydroxylation is 2. The Morgan fingerprint density at radius 2 is 2.04 bits per heavy atom. The highest BCUT2D eigenvalue weighted by molar-refractivity contribution is 9.10. The van der Waals surface area contributed by atoms with Gasteiger partial charge in [-0.3, -0.25) is 4.79 Å². The summed E-state index contributed by atoms with van der Waals surface area (Å²) in [5.74, 6) is 2.45. The summed E-state index contributed by atoms with van der Waals surface area (Å²) in [6.45, 7) is 4.91. The first-order valence-electron chi connectivity index (χ1n) is 8.40. The Bertz CT molecular complexity index is 706. The van der Waals surface area contributed by atoms with Gasteiger partial charge in [-0.15, -0.1) is 0 Å². The number of thioether (sulfide) groups is 1. The standard InChI is InChI=1S/C20H24BrNO2S/c1-3-16-8-9-19(18(21)12-16)24-13-20(23)22-10-11-25-14-17-7-5-4-6-15(17)2/h4-9,12H,3,10-11,13-14H2,1-2H3,(H,22,23). The molecule has 25 heavy (non-hydrogen) atoms. The third-order valence-corrected chi connectivity index (χ3v) is 5.48. The monoisotopic (exact) mass is 421 g/mol. The quantitative estimate of drug-likeness (QED) is 0.593. The first kappa shape index (κ1) is 19.9. The summed E-state index contributed by atoms with van der Waals surface area (Å²) >= 11 is 5.30. The molecule has 0 aliphatic carbocycles. The van der Waals surface area contributed by atoms with Crippen LogP contribution < -0.4 is 10.1 Å². The van der Waals surface area contributed by atoms with Gasteiger partial charge >= 0.3 is 0 Å².